The van der Waals surface area contributed by atoms with E-state index in [9.17, 15) is 13.2 Å². The van der Waals surface area contributed by atoms with Gasteiger partial charge in [0, 0.05) is 17.4 Å². The molecule has 2 aromatic rings. The SMILES string of the molecule is COc1ccc(C(=O)N=C2SC3CS(=O)(=O)CC3N2CCc2ccccc2)cc1. The van der Waals surface area contributed by atoms with E-state index >= 15 is 0 Å². The lowest BCUT2D eigenvalue weighted by molar-refractivity contribution is 0.100. The number of hydrogen-bond acceptors (Lipinski definition) is 5. The van der Waals surface area contributed by atoms with Crippen molar-refractivity contribution >= 4 is 32.7 Å². The summed E-state index contributed by atoms with van der Waals surface area (Å²) in [7, 11) is -1.48. The van der Waals surface area contributed by atoms with E-state index in [1.807, 2.05) is 35.2 Å². The summed E-state index contributed by atoms with van der Waals surface area (Å²) in [5, 5.41) is 0.546. The van der Waals surface area contributed by atoms with E-state index < -0.39 is 9.84 Å². The maximum absolute atomic E-state index is 12.7. The Morgan fingerprint density at radius 3 is 2.55 bits per heavy atom. The number of carbonyl (C=O) groups is 1. The van der Waals surface area contributed by atoms with Gasteiger partial charge in [-0.25, -0.2) is 8.42 Å². The van der Waals surface area contributed by atoms with Crippen molar-refractivity contribution in [1.29, 1.82) is 0 Å². The minimum atomic E-state index is -3.05. The summed E-state index contributed by atoms with van der Waals surface area (Å²) in [5.41, 5.74) is 1.65. The van der Waals surface area contributed by atoms with E-state index in [1.54, 1.807) is 31.4 Å². The topological polar surface area (TPSA) is 76.0 Å². The van der Waals surface area contributed by atoms with Gasteiger partial charge in [0.2, 0.25) is 0 Å². The third kappa shape index (κ3) is 4.48. The summed E-state index contributed by atoms with van der Waals surface area (Å²) in [6, 6.07) is 16.7. The molecule has 0 N–H and O–H groups in total. The second kappa shape index (κ2) is 8.20. The number of rotatable bonds is 5. The van der Waals surface area contributed by atoms with Crippen molar-refractivity contribution in [3.8, 4) is 5.75 Å². The van der Waals surface area contributed by atoms with Crippen LogP contribution in [-0.2, 0) is 16.3 Å². The highest BCUT2D eigenvalue weighted by atomic mass is 32.2. The second-order valence-corrected chi connectivity index (χ2v) is 10.5. The van der Waals surface area contributed by atoms with Gasteiger partial charge in [0.15, 0.2) is 15.0 Å². The number of methoxy groups -OCH3 is 1. The monoisotopic (exact) mass is 430 g/mol. The van der Waals surface area contributed by atoms with Gasteiger partial charge in [0.1, 0.15) is 5.75 Å². The highest BCUT2D eigenvalue weighted by Gasteiger charge is 2.48. The standard InChI is InChI=1S/C21H22N2O4S2/c1-27-17-9-7-16(8-10-17)20(24)22-21-23(12-11-15-5-3-2-4-6-15)18-13-29(25,26)14-19(18)28-21/h2-10,18-19H,11-14H2,1H3. The molecule has 2 aromatic carbocycles. The molecule has 6 nitrogen and oxygen atoms in total. The maximum atomic E-state index is 12.7. The summed E-state index contributed by atoms with van der Waals surface area (Å²) in [4.78, 5) is 19.0. The van der Waals surface area contributed by atoms with Crippen LogP contribution in [0.2, 0.25) is 0 Å². The summed E-state index contributed by atoms with van der Waals surface area (Å²) in [6.45, 7) is 0.627. The maximum Gasteiger partial charge on any atom is 0.279 e. The van der Waals surface area contributed by atoms with Crippen LogP contribution in [0.4, 0.5) is 0 Å². The van der Waals surface area contributed by atoms with Gasteiger partial charge in [-0.3, -0.25) is 4.79 Å². The van der Waals surface area contributed by atoms with Crippen LogP contribution >= 0.6 is 11.8 Å². The summed E-state index contributed by atoms with van der Waals surface area (Å²) >= 11 is 1.41. The van der Waals surface area contributed by atoms with E-state index in [0.717, 1.165) is 6.42 Å². The molecule has 2 atom stereocenters. The first kappa shape index (κ1) is 20.0. The zero-order chi connectivity index (χ0) is 20.4. The largest absolute Gasteiger partial charge is 0.497 e. The third-order valence-corrected chi connectivity index (χ3v) is 8.44. The van der Waals surface area contributed by atoms with E-state index in [2.05, 4.69) is 4.99 Å². The Morgan fingerprint density at radius 1 is 1.14 bits per heavy atom. The van der Waals surface area contributed by atoms with Gasteiger partial charge in [-0.1, -0.05) is 42.1 Å². The molecule has 29 heavy (non-hydrogen) atoms. The highest BCUT2D eigenvalue weighted by Crippen LogP contribution is 2.38. The molecule has 2 saturated heterocycles. The lowest BCUT2D eigenvalue weighted by Gasteiger charge is -2.24. The molecule has 0 spiro atoms. The quantitative estimate of drug-likeness (QED) is 0.726. The molecule has 8 heteroatoms. The van der Waals surface area contributed by atoms with Gasteiger partial charge in [0.05, 0.1) is 24.7 Å². The molecule has 2 aliphatic rings. The zero-order valence-corrected chi connectivity index (χ0v) is 17.7. The number of carbonyl (C=O) groups excluding carboxylic acids is 1. The molecule has 0 aromatic heterocycles. The van der Waals surface area contributed by atoms with Gasteiger partial charge in [-0.15, -0.1) is 0 Å². The van der Waals surface area contributed by atoms with Crippen LogP contribution in [0.25, 0.3) is 0 Å². The Kier molecular flexibility index (Phi) is 5.65. The van der Waals surface area contributed by atoms with Crippen LogP contribution in [-0.4, -0.2) is 60.8 Å². The van der Waals surface area contributed by atoms with Crippen molar-refractivity contribution in [1.82, 2.24) is 4.90 Å². The third-order valence-electron chi connectivity index (χ3n) is 5.19. The molecule has 0 radical (unpaired) electrons. The lowest BCUT2D eigenvalue weighted by atomic mass is 10.1. The van der Waals surface area contributed by atoms with E-state index in [4.69, 9.17) is 4.74 Å². The molecule has 2 fully saturated rings. The van der Waals surface area contributed by atoms with Crippen LogP contribution in [0.3, 0.4) is 0 Å². The minimum Gasteiger partial charge on any atom is -0.497 e. The number of aliphatic imine (C=N–C) groups is 1. The van der Waals surface area contributed by atoms with Gasteiger partial charge in [-0.2, -0.15) is 4.99 Å². The highest BCUT2D eigenvalue weighted by molar-refractivity contribution is 8.15. The average Bonchev–Trinajstić information content (AvgIpc) is 3.18. The fourth-order valence-corrected chi connectivity index (χ4v) is 7.65. The molecule has 2 heterocycles. The molecule has 0 aliphatic carbocycles. The van der Waals surface area contributed by atoms with Crippen molar-refractivity contribution in [3.05, 3.63) is 65.7 Å². The number of hydrogen-bond donors (Lipinski definition) is 0. The molecular formula is C21H22N2O4S2. The number of sulfone groups is 1. The fraction of sp³-hybridized carbons (Fsp3) is 0.333. The normalized spacial score (nSPS) is 23.9. The summed E-state index contributed by atoms with van der Waals surface area (Å²) in [5.74, 6) is 0.603. The molecule has 0 saturated carbocycles. The van der Waals surface area contributed by atoms with Crippen molar-refractivity contribution < 1.29 is 17.9 Å². The number of fused-ring (bicyclic) bond motifs is 1. The number of amidine groups is 1. The van der Waals surface area contributed by atoms with Crippen molar-refractivity contribution in [2.75, 3.05) is 25.2 Å². The number of benzene rings is 2. The first-order valence-electron chi connectivity index (χ1n) is 9.40. The zero-order valence-electron chi connectivity index (χ0n) is 16.0. The van der Waals surface area contributed by atoms with Gasteiger partial charge < -0.3 is 9.64 Å². The Hall–Kier alpha value is -2.32. The fourth-order valence-electron chi connectivity index (χ4n) is 3.68. The smallest absolute Gasteiger partial charge is 0.279 e. The van der Waals surface area contributed by atoms with Crippen LogP contribution in [0.5, 0.6) is 5.75 Å². The van der Waals surface area contributed by atoms with Crippen LogP contribution in [0, 0.1) is 0 Å². The molecule has 0 bridgehead atoms. The number of ether oxygens (including phenoxy) is 1. The minimum absolute atomic E-state index is 0.0711. The molecule has 4 rings (SSSR count). The lowest BCUT2D eigenvalue weighted by Crippen LogP contribution is -2.39. The number of thioether (sulfide) groups is 1. The van der Waals surface area contributed by atoms with Crippen molar-refractivity contribution in [2.45, 2.75) is 17.7 Å². The summed E-state index contributed by atoms with van der Waals surface area (Å²) < 4.78 is 29.4. The molecule has 1 amide bonds. The number of nitrogens with zero attached hydrogens (tertiary/aromatic N) is 2. The number of amides is 1. The Labute approximate surface area is 174 Å². The molecule has 152 valence electrons. The predicted molar refractivity (Wildman–Crippen MR) is 115 cm³/mol. The predicted octanol–water partition coefficient (Wildman–Crippen LogP) is 2.65. The molecule has 2 unspecified atom stereocenters. The Morgan fingerprint density at radius 2 is 1.86 bits per heavy atom. The second-order valence-electron chi connectivity index (χ2n) is 7.16. The van der Waals surface area contributed by atoms with Crippen molar-refractivity contribution in [3.63, 3.8) is 0 Å². The summed E-state index contributed by atoms with van der Waals surface area (Å²) in [6.07, 6.45) is 0.764. The van der Waals surface area contributed by atoms with E-state index in [0.29, 0.717) is 23.0 Å². The molecular weight excluding hydrogens is 408 g/mol. The van der Waals surface area contributed by atoms with Gasteiger partial charge in [-0.05, 0) is 36.2 Å². The van der Waals surface area contributed by atoms with E-state index in [-0.39, 0.29) is 28.7 Å². The van der Waals surface area contributed by atoms with Crippen LogP contribution in [0.1, 0.15) is 15.9 Å². The van der Waals surface area contributed by atoms with Crippen LogP contribution in [0.15, 0.2) is 59.6 Å². The van der Waals surface area contributed by atoms with Crippen LogP contribution < -0.4 is 4.74 Å². The van der Waals surface area contributed by atoms with Crippen molar-refractivity contribution in [2.24, 2.45) is 4.99 Å². The van der Waals surface area contributed by atoms with Gasteiger partial charge >= 0.3 is 0 Å². The Bertz CT molecular complexity index is 1020. The van der Waals surface area contributed by atoms with Gasteiger partial charge in [0.25, 0.3) is 5.91 Å². The first-order chi connectivity index (χ1) is 13.9. The van der Waals surface area contributed by atoms with E-state index in [1.165, 1.54) is 17.3 Å². The first-order valence-corrected chi connectivity index (χ1v) is 12.1. The Balaban J connectivity index is 1.56. The molecule has 2 aliphatic heterocycles. The average molecular weight is 431 g/mol.